The third-order valence-corrected chi connectivity index (χ3v) is 6.54. The minimum absolute atomic E-state index is 0.0537. The van der Waals surface area contributed by atoms with E-state index < -0.39 is 29.9 Å². The molecule has 0 aromatic heterocycles. The molecule has 0 heterocycles. The van der Waals surface area contributed by atoms with Crippen LogP contribution < -0.4 is 20.9 Å². The molecule has 0 saturated heterocycles. The molecular weight excluding hydrogens is 571 g/mol. The van der Waals surface area contributed by atoms with Gasteiger partial charge in [0.05, 0.1) is 40.6 Å². The summed E-state index contributed by atoms with van der Waals surface area (Å²) in [4.78, 5) is 52.3. The van der Waals surface area contributed by atoms with Crippen LogP contribution in [0.5, 0.6) is 0 Å². The van der Waals surface area contributed by atoms with Crippen molar-refractivity contribution in [1.29, 1.82) is 0 Å². The van der Waals surface area contributed by atoms with Crippen LogP contribution in [0.4, 0.5) is 21.9 Å². The number of nitrogens with one attached hydrogen (secondary N) is 3. The molecule has 3 amide bonds. The van der Waals surface area contributed by atoms with Gasteiger partial charge in [-0.2, -0.15) is 0 Å². The van der Waals surface area contributed by atoms with Gasteiger partial charge in [-0.25, -0.2) is 9.59 Å². The Morgan fingerprint density at radius 3 is 2.15 bits per heavy atom. The summed E-state index contributed by atoms with van der Waals surface area (Å²) in [5.74, 6) is -1.72. The SMILES string of the molecule is CCOC(=O)Nc1ccc(N(C)C)cc1C(=O)Nc1ccc(C[C@H](NC(=O)c2c(Cl)cccc2Cl)C(=O)OC)cc1. The number of hydrogen-bond donors (Lipinski definition) is 3. The first-order valence-electron chi connectivity index (χ1n) is 12.5. The van der Waals surface area contributed by atoms with Crippen molar-refractivity contribution in [2.24, 2.45) is 0 Å². The van der Waals surface area contributed by atoms with Gasteiger partial charge in [-0.15, -0.1) is 0 Å². The van der Waals surface area contributed by atoms with Crippen molar-refractivity contribution < 1.29 is 28.7 Å². The molecular formula is C29H30Cl2N4O6. The largest absolute Gasteiger partial charge is 0.467 e. The number of halogens is 2. The molecule has 0 spiro atoms. The minimum atomic E-state index is -1.02. The number of benzene rings is 3. The van der Waals surface area contributed by atoms with Crippen molar-refractivity contribution >= 4 is 64.1 Å². The summed E-state index contributed by atoms with van der Waals surface area (Å²) in [5, 5.41) is 8.32. The van der Waals surface area contributed by atoms with Gasteiger partial charge in [-0.3, -0.25) is 14.9 Å². The van der Waals surface area contributed by atoms with Gasteiger partial charge in [0.15, 0.2) is 0 Å². The van der Waals surface area contributed by atoms with Gasteiger partial charge in [0.2, 0.25) is 0 Å². The Balaban J connectivity index is 1.76. The second-order valence-electron chi connectivity index (χ2n) is 8.97. The summed E-state index contributed by atoms with van der Waals surface area (Å²) in [7, 11) is 4.89. The zero-order valence-corrected chi connectivity index (χ0v) is 24.4. The number of methoxy groups -OCH3 is 1. The van der Waals surface area contributed by atoms with Crippen LogP contribution in [-0.4, -0.2) is 57.7 Å². The van der Waals surface area contributed by atoms with E-state index in [0.717, 1.165) is 5.69 Å². The fraction of sp³-hybridized carbons (Fsp3) is 0.241. The maximum absolute atomic E-state index is 13.2. The van der Waals surface area contributed by atoms with Gasteiger partial charge in [-0.05, 0) is 55.0 Å². The number of anilines is 3. The van der Waals surface area contributed by atoms with E-state index in [0.29, 0.717) is 16.9 Å². The van der Waals surface area contributed by atoms with E-state index in [4.69, 9.17) is 32.7 Å². The number of amides is 3. The summed E-state index contributed by atoms with van der Waals surface area (Å²) in [6, 6.07) is 15.4. The molecule has 0 fully saturated rings. The fourth-order valence-corrected chi connectivity index (χ4v) is 4.39. The minimum Gasteiger partial charge on any atom is -0.467 e. The summed E-state index contributed by atoms with van der Waals surface area (Å²) in [6.07, 6.45) is -0.569. The van der Waals surface area contributed by atoms with Crippen molar-refractivity contribution in [3.05, 3.63) is 87.4 Å². The third kappa shape index (κ3) is 8.36. The molecule has 10 nitrogen and oxygen atoms in total. The second-order valence-corrected chi connectivity index (χ2v) is 9.79. The molecule has 0 unspecified atom stereocenters. The summed E-state index contributed by atoms with van der Waals surface area (Å²) >= 11 is 12.3. The monoisotopic (exact) mass is 600 g/mol. The van der Waals surface area contributed by atoms with Crippen LogP contribution in [0.25, 0.3) is 0 Å². The molecule has 3 aromatic rings. The Hall–Kier alpha value is -4.28. The highest BCUT2D eigenvalue weighted by Crippen LogP contribution is 2.26. The number of carbonyl (C=O) groups is 4. The highest BCUT2D eigenvalue weighted by atomic mass is 35.5. The molecule has 41 heavy (non-hydrogen) atoms. The Kier molecular flexibility index (Phi) is 11.0. The molecule has 0 aliphatic heterocycles. The van der Waals surface area contributed by atoms with E-state index in [1.54, 1.807) is 55.5 Å². The first-order valence-corrected chi connectivity index (χ1v) is 13.3. The average molecular weight is 601 g/mol. The highest BCUT2D eigenvalue weighted by Gasteiger charge is 2.25. The number of esters is 1. The molecule has 3 rings (SSSR count). The Bertz CT molecular complexity index is 1410. The quantitative estimate of drug-likeness (QED) is 0.266. The molecule has 0 aliphatic carbocycles. The van der Waals surface area contributed by atoms with Gasteiger partial charge >= 0.3 is 12.1 Å². The predicted molar refractivity (Wildman–Crippen MR) is 159 cm³/mol. The molecule has 0 radical (unpaired) electrons. The van der Waals surface area contributed by atoms with E-state index in [2.05, 4.69) is 16.0 Å². The molecule has 12 heteroatoms. The zero-order valence-electron chi connectivity index (χ0n) is 22.9. The van der Waals surface area contributed by atoms with Crippen LogP contribution in [0.3, 0.4) is 0 Å². The van der Waals surface area contributed by atoms with Crippen molar-refractivity contribution in [2.75, 3.05) is 43.3 Å². The van der Waals surface area contributed by atoms with Crippen LogP contribution in [-0.2, 0) is 20.7 Å². The Morgan fingerprint density at radius 1 is 0.902 bits per heavy atom. The fourth-order valence-electron chi connectivity index (χ4n) is 3.82. The number of ether oxygens (including phenoxy) is 2. The Labute approximate surface area is 247 Å². The van der Waals surface area contributed by atoms with Gasteiger partial charge in [0.1, 0.15) is 6.04 Å². The van der Waals surface area contributed by atoms with Crippen molar-refractivity contribution in [3.8, 4) is 0 Å². The average Bonchev–Trinajstić information content (AvgIpc) is 2.93. The van der Waals surface area contributed by atoms with E-state index in [-0.39, 0.29) is 34.2 Å². The maximum atomic E-state index is 13.2. The summed E-state index contributed by atoms with van der Waals surface area (Å²) in [5.41, 5.74) is 2.49. The molecule has 216 valence electrons. The van der Waals surface area contributed by atoms with Crippen molar-refractivity contribution in [1.82, 2.24) is 5.32 Å². The van der Waals surface area contributed by atoms with Crippen molar-refractivity contribution in [2.45, 2.75) is 19.4 Å². The van der Waals surface area contributed by atoms with E-state index in [1.807, 2.05) is 19.0 Å². The highest BCUT2D eigenvalue weighted by molar-refractivity contribution is 6.39. The molecule has 3 aromatic carbocycles. The Morgan fingerprint density at radius 2 is 1.56 bits per heavy atom. The van der Waals surface area contributed by atoms with Crippen LogP contribution in [0.1, 0.15) is 33.2 Å². The smallest absolute Gasteiger partial charge is 0.411 e. The van der Waals surface area contributed by atoms with Crippen molar-refractivity contribution in [3.63, 3.8) is 0 Å². The van der Waals surface area contributed by atoms with E-state index in [1.165, 1.54) is 19.2 Å². The van der Waals surface area contributed by atoms with Gasteiger partial charge < -0.3 is 25.0 Å². The molecule has 3 N–H and O–H groups in total. The lowest BCUT2D eigenvalue weighted by Gasteiger charge is -2.18. The molecule has 1 atom stereocenters. The van der Waals surface area contributed by atoms with Gasteiger partial charge in [0.25, 0.3) is 11.8 Å². The summed E-state index contributed by atoms with van der Waals surface area (Å²) in [6.45, 7) is 1.87. The van der Waals surface area contributed by atoms with Gasteiger partial charge in [-0.1, -0.05) is 41.4 Å². The number of hydrogen-bond acceptors (Lipinski definition) is 7. The van der Waals surface area contributed by atoms with E-state index >= 15 is 0 Å². The van der Waals surface area contributed by atoms with Crippen LogP contribution in [0.2, 0.25) is 10.0 Å². The van der Waals surface area contributed by atoms with Crippen LogP contribution in [0, 0.1) is 0 Å². The lowest BCUT2D eigenvalue weighted by atomic mass is 10.0. The normalized spacial score (nSPS) is 11.2. The first-order chi connectivity index (χ1) is 19.5. The number of rotatable bonds is 10. The lowest BCUT2D eigenvalue weighted by molar-refractivity contribution is -0.142. The third-order valence-electron chi connectivity index (χ3n) is 5.91. The first kappa shape index (κ1) is 31.3. The zero-order chi connectivity index (χ0) is 30.1. The molecule has 0 bridgehead atoms. The maximum Gasteiger partial charge on any atom is 0.411 e. The standard InChI is InChI=1S/C29H30Cl2N4O6/c1-5-41-29(39)34-23-14-13-19(35(2)3)16-20(23)26(36)32-18-11-9-17(10-12-18)15-24(28(38)40-4)33-27(37)25-21(30)7-6-8-22(25)31/h6-14,16,24H,5,15H2,1-4H3,(H,32,36)(H,33,37)(H,34,39)/t24-/m0/s1. The van der Waals surface area contributed by atoms with Gasteiger partial charge in [0, 0.05) is 31.9 Å². The van der Waals surface area contributed by atoms with E-state index in [9.17, 15) is 19.2 Å². The number of nitrogens with zero attached hydrogens (tertiary/aromatic N) is 1. The van der Waals surface area contributed by atoms with Crippen LogP contribution in [0.15, 0.2) is 60.7 Å². The number of carbonyl (C=O) groups excluding carboxylic acids is 4. The molecule has 0 saturated carbocycles. The lowest BCUT2D eigenvalue weighted by Crippen LogP contribution is -2.43. The predicted octanol–water partition coefficient (Wildman–Crippen LogP) is 5.39. The topological polar surface area (TPSA) is 126 Å². The summed E-state index contributed by atoms with van der Waals surface area (Å²) < 4.78 is 9.81. The second kappa shape index (κ2) is 14.4. The van der Waals surface area contributed by atoms with Crippen LogP contribution >= 0.6 is 23.2 Å². The molecule has 0 aliphatic rings.